The fourth-order valence-electron chi connectivity index (χ4n) is 2.14. The summed E-state index contributed by atoms with van der Waals surface area (Å²) in [7, 11) is 1.27. The Hall–Kier alpha value is -1.34. The van der Waals surface area contributed by atoms with E-state index in [9.17, 15) is 18.0 Å². The molecule has 0 saturated heterocycles. The molecule has 0 aliphatic heterocycles. The molecule has 10 heteroatoms. The first-order chi connectivity index (χ1) is 12.5. The van der Waals surface area contributed by atoms with E-state index in [1.807, 2.05) is 0 Å². The minimum atomic E-state index is -4.72. The lowest BCUT2D eigenvalue weighted by Gasteiger charge is -2.16. The summed E-state index contributed by atoms with van der Waals surface area (Å²) in [6.45, 7) is 0. The van der Waals surface area contributed by atoms with Gasteiger partial charge in [0.05, 0.1) is 22.7 Å². The zero-order valence-electron chi connectivity index (χ0n) is 13.6. The topological polar surface area (TPSA) is 35.5 Å². The Morgan fingerprint density at radius 2 is 1.70 bits per heavy atom. The van der Waals surface area contributed by atoms with Crippen LogP contribution in [0.4, 0.5) is 13.2 Å². The Morgan fingerprint density at radius 1 is 1.04 bits per heavy atom. The van der Waals surface area contributed by atoms with Gasteiger partial charge in [-0.05, 0) is 36.2 Å². The summed E-state index contributed by atoms with van der Waals surface area (Å²) in [6.07, 6.45) is -4.35. The lowest BCUT2D eigenvalue weighted by atomic mass is 10.1. The van der Waals surface area contributed by atoms with E-state index in [2.05, 4.69) is 4.74 Å². The van der Waals surface area contributed by atoms with E-state index >= 15 is 0 Å². The van der Waals surface area contributed by atoms with Crippen molar-refractivity contribution in [1.29, 1.82) is 0 Å². The van der Waals surface area contributed by atoms with Crippen LogP contribution in [0.1, 0.15) is 17.5 Å². The second kappa shape index (κ2) is 8.78. The predicted octanol–water partition coefficient (Wildman–Crippen LogP) is 7.22. The van der Waals surface area contributed by atoms with Crippen molar-refractivity contribution in [2.75, 3.05) is 7.11 Å². The maximum Gasteiger partial charge on any atom is 0.417 e. The molecule has 0 radical (unpaired) electrons. The predicted molar refractivity (Wildman–Crippen MR) is 98.3 cm³/mol. The monoisotopic (exact) mass is 460 g/mol. The minimum absolute atomic E-state index is 0.0906. The zero-order chi connectivity index (χ0) is 20.4. The quantitative estimate of drug-likeness (QED) is 0.348. The SMILES string of the molecule is COC(=O)CCc1cc(Oc2c(Cl)cc(C(F)(F)F)c(Cl)c2Cl)ccc1Cl. The molecule has 0 atom stereocenters. The van der Waals surface area contributed by atoms with Crippen LogP contribution >= 0.6 is 46.4 Å². The van der Waals surface area contributed by atoms with Crippen LogP contribution in [0.25, 0.3) is 0 Å². The molecule has 0 aliphatic carbocycles. The van der Waals surface area contributed by atoms with Gasteiger partial charge in [-0.1, -0.05) is 46.4 Å². The lowest BCUT2D eigenvalue weighted by molar-refractivity contribution is -0.140. The normalized spacial score (nSPS) is 11.4. The molecule has 0 bridgehead atoms. The van der Waals surface area contributed by atoms with Gasteiger partial charge in [0.25, 0.3) is 0 Å². The molecule has 2 rings (SSSR count). The highest BCUT2D eigenvalue weighted by molar-refractivity contribution is 6.45. The van der Waals surface area contributed by atoms with Crippen molar-refractivity contribution >= 4 is 52.4 Å². The summed E-state index contributed by atoms with van der Waals surface area (Å²) in [5.74, 6) is -0.436. The third-order valence-corrected chi connectivity index (χ3v) is 4.98. The molecular formula is C17H11Cl4F3O3. The van der Waals surface area contributed by atoms with Gasteiger partial charge in [-0.2, -0.15) is 13.2 Å². The lowest BCUT2D eigenvalue weighted by Crippen LogP contribution is -2.06. The first-order valence-corrected chi connectivity index (χ1v) is 8.83. The zero-order valence-corrected chi connectivity index (χ0v) is 16.6. The fourth-order valence-corrected chi connectivity index (χ4v) is 3.13. The summed E-state index contributed by atoms with van der Waals surface area (Å²) >= 11 is 23.6. The van der Waals surface area contributed by atoms with Crippen molar-refractivity contribution in [3.63, 3.8) is 0 Å². The molecule has 0 heterocycles. The van der Waals surface area contributed by atoms with Gasteiger partial charge in [-0.15, -0.1) is 0 Å². The van der Waals surface area contributed by atoms with E-state index in [0.29, 0.717) is 16.7 Å². The minimum Gasteiger partial charge on any atom is -0.469 e. The average Bonchev–Trinajstić information content (AvgIpc) is 2.60. The molecule has 27 heavy (non-hydrogen) atoms. The molecule has 0 N–H and O–H groups in total. The number of esters is 1. The van der Waals surface area contributed by atoms with Crippen molar-refractivity contribution in [3.05, 3.63) is 55.5 Å². The molecule has 0 spiro atoms. The van der Waals surface area contributed by atoms with E-state index in [-0.39, 0.29) is 29.4 Å². The number of ether oxygens (including phenoxy) is 2. The number of halogens is 7. The second-order valence-electron chi connectivity index (χ2n) is 5.29. The number of carbonyl (C=O) groups is 1. The maximum absolute atomic E-state index is 12.9. The van der Waals surface area contributed by atoms with Crippen molar-refractivity contribution in [1.82, 2.24) is 0 Å². The summed E-state index contributed by atoms with van der Waals surface area (Å²) in [5, 5.41) is -1.16. The fraction of sp³-hybridized carbons (Fsp3) is 0.235. The smallest absolute Gasteiger partial charge is 0.417 e. The summed E-state index contributed by atoms with van der Waals surface area (Å²) in [4.78, 5) is 11.3. The largest absolute Gasteiger partial charge is 0.469 e. The molecule has 2 aromatic carbocycles. The van der Waals surface area contributed by atoms with Crippen LogP contribution in [0.3, 0.4) is 0 Å². The van der Waals surface area contributed by atoms with Crippen LogP contribution in [0, 0.1) is 0 Å². The van der Waals surface area contributed by atoms with Gasteiger partial charge in [0.1, 0.15) is 10.8 Å². The third kappa shape index (κ3) is 5.35. The number of hydrogen-bond acceptors (Lipinski definition) is 3. The summed E-state index contributed by atoms with van der Waals surface area (Å²) in [6, 6.07) is 5.14. The van der Waals surface area contributed by atoms with Crippen molar-refractivity contribution < 1.29 is 27.4 Å². The van der Waals surface area contributed by atoms with Crippen LogP contribution in [0.5, 0.6) is 11.5 Å². The standard InChI is InChI=1S/C17H11Cl4F3O3/c1-26-13(25)5-2-8-6-9(3-4-11(8)18)27-16-12(19)7-10(17(22,23)24)14(20)15(16)21/h3-4,6-7H,2,5H2,1H3. The van der Waals surface area contributed by atoms with Gasteiger partial charge in [-0.3, -0.25) is 4.79 Å². The number of alkyl halides is 3. The highest BCUT2D eigenvalue weighted by Crippen LogP contribution is 2.47. The number of hydrogen-bond donors (Lipinski definition) is 0. The van der Waals surface area contributed by atoms with Crippen LogP contribution in [-0.2, 0) is 22.1 Å². The highest BCUT2D eigenvalue weighted by Gasteiger charge is 2.36. The maximum atomic E-state index is 12.9. The molecule has 0 aromatic heterocycles. The van der Waals surface area contributed by atoms with Gasteiger partial charge in [0.2, 0.25) is 0 Å². The number of rotatable bonds is 5. The summed E-state index contributed by atoms with van der Waals surface area (Å²) in [5.41, 5.74) is -0.591. The molecule has 0 unspecified atom stereocenters. The van der Waals surface area contributed by atoms with Crippen LogP contribution < -0.4 is 4.74 Å². The summed E-state index contributed by atoms with van der Waals surface area (Å²) < 4.78 is 48.9. The van der Waals surface area contributed by atoms with Gasteiger partial charge in [0.15, 0.2) is 5.75 Å². The molecular weight excluding hydrogens is 451 g/mol. The van der Waals surface area contributed by atoms with E-state index in [1.54, 1.807) is 0 Å². The van der Waals surface area contributed by atoms with Crippen molar-refractivity contribution in [2.45, 2.75) is 19.0 Å². The molecule has 0 amide bonds. The van der Waals surface area contributed by atoms with E-state index in [4.69, 9.17) is 51.1 Å². The second-order valence-corrected chi connectivity index (χ2v) is 6.86. The van der Waals surface area contributed by atoms with E-state index in [1.165, 1.54) is 25.3 Å². The number of methoxy groups -OCH3 is 1. The van der Waals surface area contributed by atoms with E-state index < -0.39 is 27.8 Å². The Bertz CT molecular complexity index is 869. The van der Waals surface area contributed by atoms with Gasteiger partial charge in [-0.25, -0.2) is 0 Å². The average molecular weight is 462 g/mol. The first-order valence-electron chi connectivity index (χ1n) is 7.32. The molecule has 2 aromatic rings. The molecule has 146 valence electrons. The van der Waals surface area contributed by atoms with E-state index in [0.717, 1.165) is 0 Å². The van der Waals surface area contributed by atoms with Gasteiger partial charge in [0, 0.05) is 11.4 Å². The first kappa shape index (κ1) is 22.0. The Morgan fingerprint density at radius 3 is 2.30 bits per heavy atom. The highest BCUT2D eigenvalue weighted by atomic mass is 35.5. The number of aryl methyl sites for hydroxylation is 1. The molecule has 0 aliphatic rings. The van der Waals surface area contributed by atoms with Crippen LogP contribution in [0.15, 0.2) is 24.3 Å². The number of carbonyl (C=O) groups excluding carboxylic acids is 1. The van der Waals surface area contributed by atoms with Crippen LogP contribution in [0.2, 0.25) is 20.1 Å². The molecule has 0 saturated carbocycles. The Kier molecular flexibility index (Phi) is 7.14. The Balaban J connectivity index is 2.35. The van der Waals surface area contributed by atoms with Crippen molar-refractivity contribution in [3.8, 4) is 11.5 Å². The molecule has 0 fully saturated rings. The Labute approximate surface area is 172 Å². The molecule has 3 nitrogen and oxygen atoms in total. The third-order valence-electron chi connectivity index (χ3n) is 3.49. The van der Waals surface area contributed by atoms with Crippen molar-refractivity contribution in [2.24, 2.45) is 0 Å². The number of benzene rings is 2. The van der Waals surface area contributed by atoms with Crippen LogP contribution in [-0.4, -0.2) is 13.1 Å². The van der Waals surface area contributed by atoms with Gasteiger partial charge < -0.3 is 9.47 Å². The van der Waals surface area contributed by atoms with Gasteiger partial charge >= 0.3 is 12.1 Å².